The van der Waals surface area contributed by atoms with Crippen molar-refractivity contribution in [2.24, 2.45) is 0 Å². The molecular formula is C61H38N6. The van der Waals surface area contributed by atoms with Gasteiger partial charge in [0.15, 0.2) is 0 Å². The van der Waals surface area contributed by atoms with Crippen molar-refractivity contribution in [2.75, 3.05) is 0 Å². The van der Waals surface area contributed by atoms with Gasteiger partial charge in [-0.15, -0.1) is 0 Å². The number of aromatic nitrogens is 6. The first kappa shape index (κ1) is 37.3. The average molecular weight is 855 g/mol. The smallest absolute Gasteiger partial charge is 0.146 e. The average Bonchev–Trinajstić information content (AvgIpc) is 4.11. The Hall–Kier alpha value is -9.13. The van der Waals surface area contributed by atoms with E-state index >= 15 is 0 Å². The standard InChI is InChI=1S/C61H38N6/c1-4-16-44(17-5-1)65-54-25-13-10-22-51(54)62-59(65)42-36-41(37-43(38-42)60-63-52-23-11-14-26-55(52)66(60)45-18-6-2-7-19-45)47-32-28-39-30-34-49-50(35-31-40-29-33-48(47)57(39)58(40)49)61-64-53-24-12-15-27-56(53)67(61)46-20-8-3-9-21-46/h1-38H. The summed E-state index contributed by atoms with van der Waals surface area (Å²) in [5.41, 5.74) is 14.5. The first-order valence-corrected chi connectivity index (χ1v) is 22.7. The Labute approximate surface area is 385 Å². The maximum atomic E-state index is 5.39. The summed E-state index contributed by atoms with van der Waals surface area (Å²) in [7, 11) is 0. The molecule has 11 aromatic carbocycles. The highest BCUT2D eigenvalue weighted by atomic mass is 15.1. The summed E-state index contributed by atoms with van der Waals surface area (Å²) < 4.78 is 6.87. The van der Waals surface area contributed by atoms with Crippen LogP contribution in [0.5, 0.6) is 0 Å². The molecule has 0 radical (unpaired) electrons. The molecule has 0 N–H and O–H groups in total. The molecule has 6 heteroatoms. The minimum absolute atomic E-state index is 0.863. The van der Waals surface area contributed by atoms with Gasteiger partial charge in [-0.25, -0.2) is 15.0 Å². The van der Waals surface area contributed by atoms with Crippen LogP contribution in [0.2, 0.25) is 0 Å². The first-order chi connectivity index (χ1) is 33.2. The second kappa shape index (κ2) is 14.7. The Morgan fingerprint density at radius 1 is 0.269 bits per heavy atom. The molecule has 0 saturated carbocycles. The molecule has 0 bridgehead atoms. The number of hydrogen-bond donors (Lipinski definition) is 0. The van der Waals surface area contributed by atoms with E-state index in [-0.39, 0.29) is 0 Å². The summed E-state index contributed by atoms with van der Waals surface area (Å²) in [6.07, 6.45) is 0. The molecule has 0 aliphatic carbocycles. The van der Waals surface area contributed by atoms with E-state index in [4.69, 9.17) is 15.0 Å². The molecule has 0 saturated heterocycles. The third-order valence-electron chi connectivity index (χ3n) is 13.4. The lowest BCUT2D eigenvalue weighted by atomic mass is 9.87. The second-order valence-electron chi connectivity index (χ2n) is 17.2. The van der Waals surface area contributed by atoms with Gasteiger partial charge in [-0.05, 0) is 141 Å². The van der Waals surface area contributed by atoms with Crippen LogP contribution in [0, 0.1) is 0 Å². The van der Waals surface area contributed by atoms with Crippen molar-refractivity contribution in [1.29, 1.82) is 0 Å². The Bertz CT molecular complexity index is 4070. The summed E-state index contributed by atoms with van der Waals surface area (Å²) >= 11 is 0. The molecule has 3 heterocycles. The number of imidazole rings is 3. The molecule has 0 amide bonds. The van der Waals surface area contributed by atoms with E-state index in [1.165, 1.54) is 32.3 Å². The van der Waals surface area contributed by atoms with Crippen LogP contribution in [0.15, 0.2) is 231 Å². The van der Waals surface area contributed by atoms with Crippen molar-refractivity contribution in [1.82, 2.24) is 28.7 Å². The van der Waals surface area contributed by atoms with Gasteiger partial charge in [0, 0.05) is 33.8 Å². The van der Waals surface area contributed by atoms with Crippen LogP contribution in [0.25, 0.3) is 128 Å². The topological polar surface area (TPSA) is 53.5 Å². The van der Waals surface area contributed by atoms with E-state index in [0.29, 0.717) is 0 Å². The van der Waals surface area contributed by atoms with Crippen LogP contribution in [0.4, 0.5) is 0 Å². The van der Waals surface area contributed by atoms with E-state index in [1.54, 1.807) is 0 Å². The molecule has 14 rings (SSSR count). The van der Waals surface area contributed by atoms with Gasteiger partial charge in [0.05, 0.1) is 33.1 Å². The van der Waals surface area contributed by atoms with Crippen LogP contribution in [-0.4, -0.2) is 28.7 Å². The number of hydrogen-bond acceptors (Lipinski definition) is 3. The molecule has 67 heavy (non-hydrogen) atoms. The minimum Gasteiger partial charge on any atom is -0.292 e. The Balaban J connectivity index is 1.05. The lowest BCUT2D eigenvalue weighted by molar-refractivity contribution is 1.09. The zero-order valence-electron chi connectivity index (χ0n) is 36.1. The number of rotatable bonds is 7. The van der Waals surface area contributed by atoms with E-state index in [1.807, 2.05) is 0 Å². The quantitative estimate of drug-likeness (QED) is 0.150. The highest BCUT2D eigenvalue weighted by molar-refractivity contribution is 6.27. The minimum atomic E-state index is 0.863. The molecule has 0 aliphatic rings. The van der Waals surface area contributed by atoms with Gasteiger partial charge < -0.3 is 0 Å². The van der Waals surface area contributed by atoms with Crippen molar-refractivity contribution < 1.29 is 0 Å². The van der Waals surface area contributed by atoms with Crippen LogP contribution in [-0.2, 0) is 0 Å². The van der Waals surface area contributed by atoms with E-state index in [2.05, 4.69) is 244 Å². The maximum Gasteiger partial charge on any atom is 0.146 e. The Morgan fingerprint density at radius 3 is 1.07 bits per heavy atom. The van der Waals surface area contributed by atoms with E-state index in [9.17, 15) is 0 Å². The fourth-order valence-corrected chi connectivity index (χ4v) is 10.5. The summed E-state index contributed by atoms with van der Waals surface area (Å²) in [5, 5.41) is 7.20. The third-order valence-corrected chi connectivity index (χ3v) is 13.4. The zero-order chi connectivity index (χ0) is 44.0. The molecule has 14 aromatic rings. The SMILES string of the molecule is c1ccc(-n2c(-c3cc(-c4ccc5ccc6c(-c7nc8ccccc8n7-c7ccccc7)ccc7ccc4c5c76)cc(-c4nc5ccccc5n4-c4ccccc4)c3)nc3ccccc32)cc1. The van der Waals surface area contributed by atoms with Crippen LogP contribution < -0.4 is 0 Å². The number of benzene rings is 11. The maximum absolute atomic E-state index is 5.39. The van der Waals surface area contributed by atoms with Gasteiger partial charge in [0.2, 0.25) is 0 Å². The Kier molecular flexibility index (Phi) is 8.18. The van der Waals surface area contributed by atoms with Crippen LogP contribution >= 0.6 is 0 Å². The van der Waals surface area contributed by atoms with Crippen molar-refractivity contribution in [3.05, 3.63) is 231 Å². The predicted molar refractivity (Wildman–Crippen MR) is 276 cm³/mol. The molecule has 0 atom stereocenters. The zero-order valence-corrected chi connectivity index (χ0v) is 36.1. The summed E-state index contributed by atoms with van der Waals surface area (Å²) in [6.45, 7) is 0. The molecule has 0 unspecified atom stereocenters. The number of nitrogens with zero attached hydrogens (tertiary/aromatic N) is 6. The van der Waals surface area contributed by atoms with E-state index in [0.717, 1.165) is 95.5 Å². The normalized spacial score (nSPS) is 11.9. The van der Waals surface area contributed by atoms with Crippen LogP contribution in [0.1, 0.15) is 0 Å². The van der Waals surface area contributed by atoms with Crippen molar-refractivity contribution in [3.63, 3.8) is 0 Å². The fraction of sp³-hybridized carbons (Fsp3) is 0. The lowest BCUT2D eigenvalue weighted by Gasteiger charge is -2.18. The monoisotopic (exact) mass is 854 g/mol. The van der Waals surface area contributed by atoms with Gasteiger partial charge in [-0.3, -0.25) is 13.7 Å². The third kappa shape index (κ3) is 5.80. The highest BCUT2D eigenvalue weighted by Gasteiger charge is 2.23. The number of para-hydroxylation sites is 9. The predicted octanol–water partition coefficient (Wildman–Crippen LogP) is 15.3. The van der Waals surface area contributed by atoms with Crippen molar-refractivity contribution in [3.8, 4) is 62.4 Å². The molecular weight excluding hydrogens is 817 g/mol. The van der Waals surface area contributed by atoms with E-state index < -0.39 is 0 Å². The molecule has 6 nitrogen and oxygen atoms in total. The molecule has 312 valence electrons. The Morgan fingerprint density at radius 2 is 0.612 bits per heavy atom. The number of fused-ring (bicyclic) bond motifs is 3. The summed E-state index contributed by atoms with van der Waals surface area (Å²) in [6, 6.07) is 82.0. The van der Waals surface area contributed by atoms with Crippen molar-refractivity contribution in [2.45, 2.75) is 0 Å². The highest BCUT2D eigenvalue weighted by Crippen LogP contribution is 2.45. The molecule has 0 fully saturated rings. The largest absolute Gasteiger partial charge is 0.292 e. The van der Waals surface area contributed by atoms with Crippen molar-refractivity contribution >= 4 is 65.4 Å². The molecule has 3 aromatic heterocycles. The molecule has 0 aliphatic heterocycles. The second-order valence-corrected chi connectivity index (χ2v) is 17.2. The summed E-state index contributed by atoms with van der Waals surface area (Å²) in [5.74, 6) is 2.65. The summed E-state index contributed by atoms with van der Waals surface area (Å²) in [4.78, 5) is 16.1. The lowest BCUT2D eigenvalue weighted by Crippen LogP contribution is -2.00. The fourth-order valence-electron chi connectivity index (χ4n) is 10.5. The van der Waals surface area contributed by atoms with Gasteiger partial charge in [-0.1, -0.05) is 133 Å². The van der Waals surface area contributed by atoms with Crippen LogP contribution in [0.3, 0.4) is 0 Å². The molecule has 0 spiro atoms. The van der Waals surface area contributed by atoms with Gasteiger partial charge in [0.25, 0.3) is 0 Å². The first-order valence-electron chi connectivity index (χ1n) is 22.7. The van der Waals surface area contributed by atoms with Gasteiger partial charge >= 0.3 is 0 Å². The van der Waals surface area contributed by atoms with Gasteiger partial charge in [0.1, 0.15) is 17.5 Å². The van der Waals surface area contributed by atoms with Gasteiger partial charge in [-0.2, -0.15) is 0 Å².